The Kier molecular flexibility index (Phi) is 49.6. The van der Waals surface area contributed by atoms with Gasteiger partial charge in [-0.15, -0.1) is 0 Å². The van der Waals surface area contributed by atoms with Crippen LogP contribution in [0.3, 0.4) is 0 Å². The van der Waals surface area contributed by atoms with Crippen LogP contribution in [0.15, 0.2) is 60.8 Å². The molecule has 0 aromatic rings. The SMILES string of the molecule is CCCCC/C=C\C/C=C\C/C=C\CCCCCCCCC(=O)NC(COP(=O)(O)OCC[N+](C)(C)C)C(/C=C\CCCCCCCCCCCCC)OC(=O)CCCCC/C=C\CCCCCCCC. The molecule has 10 heteroatoms. The lowest BCUT2D eigenvalue weighted by atomic mass is 10.0. The molecular weight excluding hydrogens is 904 g/mol. The number of hydrogen-bond acceptors (Lipinski definition) is 6. The standard InChI is InChI=1S/C61H113N2O7P/c1-7-10-13-16-19-22-25-28-29-30-31-32-33-36-38-41-44-47-50-53-60(64)62-58(57-69-71(66,67)68-56-55-63(4,5)6)59(52-49-46-43-40-37-34-26-23-20-17-14-11-8-2)70-61(65)54-51-48-45-42-39-35-27-24-21-18-15-12-9-3/h19,22,28-29,31-32,35,39,49,52,58-59H,7-18,20-21,23-27,30,33-34,36-38,40-48,50-51,53-57H2,1-6H3,(H-,62,64,66,67)/p+1/b22-19-,29-28-,32-31-,39-35-,52-49-. The molecule has 3 unspecified atom stereocenters. The number of nitrogens with zero attached hydrogens (tertiary/aromatic N) is 1. The zero-order chi connectivity index (χ0) is 52.2. The van der Waals surface area contributed by atoms with Crippen LogP contribution in [-0.4, -0.2) is 74.3 Å². The second kappa shape index (κ2) is 51.2. The number of esters is 1. The quantitative estimate of drug-likeness (QED) is 0.0205. The highest BCUT2D eigenvalue weighted by molar-refractivity contribution is 7.47. The number of nitrogens with one attached hydrogen (secondary N) is 1. The Balaban J connectivity index is 5.36. The van der Waals surface area contributed by atoms with Crippen LogP contribution >= 0.6 is 7.82 Å². The molecular formula is C61H114N2O7P+. The molecule has 0 aromatic heterocycles. The topological polar surface area (TPSA) is 111 Å². The van der Waals surface area contributed by atoms with Gasteiger partial charge in [0, 0.05) is 12.8 Å². The summed E-state index contributed by atoms with van der Waals surface area (Å²) in [6.45, 7) is 6.96. The Bertz CT molecular complexity index is 1400. The Labute approximate surface area is 439 Å². The van der Waals surface area contributed by atoms with Gasteiger partial charge in [-0.25, -0.2) is 4.57 Å². The maximum absolute atomic E-state index is 13.5. The van der Waals surface area contributed by atoms with Crippen LogP contribution in [0.5, 0.6) is 0 Å². The van der Waals surface area contributed by atoms with E-state index in [1.807, 2.05) is 33.3 Å². The average Bonchev–Trinajstić information content (AvgIpc) is 3.33. The van der Waals surface area contributed by atoms with Gasteiger partial charge in [0.2, 0.25) is 5.91 Å². The normalized spacial score (nSPS) is 14.2. The van der Waals surface area contributed by atoms with Crippen LogP contribution < -0.4 is 5.32 Å². The van der Waals surface area contributed by atoms with E-state index in [4.69, 9.17) is 13.8 Å². The fourth-order valence-electron chi connectivity index (χ4n) is 8.29. The first-order chi connectivity index (χ1) is 34.4. The number of unbranched alkanes of at least 4 members (excludes halogenated alkanes) is 29. The van der Waals surface area contributed by atoms with Crippen LogP contribution in [0.25, 0.3) is 0 Å². The fraction of sp³-hybridized carbons (Fsp3) is 0.803. The summed E-state index contributed by atoms with van der Waals surface area (Å²) in [4.78, 5) is 37.6. The van der Waals surface area contributed by atoms with Crippen molar-refractivity contribution in [3.63, 3.8) is 0 Å². The summed E-state index contributed by atoms with van der Waals surface area (Å²) in [7, 11) is 1.48. The van der Waals surface area contributed by atoms with Crippen LogP contribution in [0.4, 0.5) is 0 Å². The minimum absolute atomic E-state index is 0.0341. The van der Waals surface area contributed by atoms with Gasteiger partial charge in [0.15, 0.2) is 0 Å². The van der Waals surface area contributed by atoms with Gasteiger partial charge >= 0.3 is 13.8 Å². The third-order valence-electron chi connectivity index (χ3n) is 12.9. The molecule has 414 valence electrons. The zero-order valence-electron chi connectivity index (χ0n) is 47.2. The molecule has 0 saturated heterocycles. The lowest BCUT2D eigenvalue weighted by Gasteiger charge is -2.27. The van der Waals surface area contributed by atoms with E-state index in [2.05, 4.69) is 74.7 Å². The molecule has 0 rings (SSSR count). The van der Waals surface area contributed by atoms with Gasteiger partial charge < -0.3 is 19.4 Å². The van der Waals surface area contributed by atoms with E-state index in [-0.39, 0.29) is 31.5 Å². The minimum Gasteiger partial charge on any atom is -0.456 e. The summed E-state index contributed by atoms with van der Waals surface area (Å²) in [5, 5.41) is 3.04. The molecule has 2 N–H and O–H groups in total. The highest BCUT2D eigenvalue weighted by atomic mass is 31.2. The molecule has 0 spiro atoms. The maximum Gasteiger partial charge on any atom is 0.472 e. The number of amides is 1. The maximum atomic E-state index is 13.5. The molecule has 9 nitrogen and oxygen atoms in total. The Morgan fingerprint density at radius 1 is 0.493 bits per heavy atom. The fourth-order valence-corrected chi connectivity index (χ4v) is 9.03. The van der Waals surface area contributed by atoms with E-state index in [1.165, 1.54) is 135 Å². The van der Waals surface area contributed by atoms with Crippen LogP contribution in [-0.2, 0) is 27.9 Å². The summed E-state index contributed by atoms with van der Waals surface area (Å²) < 4.78 is 30.6. The number of likely N-dealkylation sites (N-methyl/N-ethyl adjacent to an activating group) is 1. The Morgan fingerprint density at radius 3 is 1.34 bits per heavy atom. The van der Waals surface area contributed by atoms with Gasteiger partial charge in [0.25, 0.3) is 0 Å². The van der Waals surface area contributed by atoms with Gasteiger partial charge in [0.05, 0.1) is 33.8 Å². The van der Waals surface area contributed by atoms with E-state index in [0.717, 1.165) is 89.9 Å². The van der Waals surface area contributed by atoms with Crippen molar-refractivity contribution < 1.29 is 37.3 Å². The molecule has 71 heavy (non-hydrogen) atoms. The molecule has 0 fully saturated rings. The number of ether oxygens (including phenoxy) is 1. The predicted octanol–water partition coefficient (Wildman–Crippen LogP) is 17.9. The summed E-state index contributed by atoms with van der Waals surface area (Å²) in [5.41, 5.74) is 0. The van der Waals surface area contributed by atoms with Gasteiger partial charge in [-0.1, -0.05) is 217 Å². The van der Waals surface area contributed by atoms with E-state index in [1.54, 1.807) is 0 Å². The van der Waals surface area contributed by atoms with Crippen molar-refractivity contribution in [2.45, 2.75) is 277 Å². The molecule has 0 aliphatic heterocycles. The number of allylic oxidation sites excluding steroid dienone is 9. The summed E-state index contributed by atoms with van der Waals surface area (Å²) >= 11 is 0. The van der Waals surface area contributed by atoms with E-state index >= 15 is 0 Å². The lowest BCUT2D eigenvalue weighted by molar-refractivity contribution is -0.870. The first kappa shape index (κ1) is 68.7. The van der Waals surface area contributed by atoms with Gasteiger partial charge in [-0.2, -0.15) is 0 Å². The van der Waals surface area contributed by atoms with Crippen molar-refractivity contribution in [2.24, 2.45) is 0 Å². The third-order valence-corrected chi connectivity index (χ3v) is 13.9. The highest BCUT2D eigenvalue weighted by Crippen LogP contribution is 2.43. The first-order valence-corrected chi connectivity index (χ1v) is 31.1. The molecule has 0 saturated carbocycles. The van der Waals surface area contributed by atoms with Crippen molar-refractivity contribution in [1.82, 2.24) is 5.32 Å². The second-order valence-corrected chi connectivity index (χ2v) is 22.6. The number of carbonyl (C=O) groups excluding carboxylic acids is 2. The molecule has 3 atom stereocenters. The molecule has 0 aromatic carbocycles. The van der Waals surface area contributed by atoms with Crippen molar-refractivity contribution in [3.8, 4) is 0 Å². The Hall–Kier alpha value is -2.29. The smallest absolute Gasteiger partial charge is 0.456 e. The molecule has 0 aliphatic carbocycles. The monoisotopic (exact) mass is 1020 g/mol. The number of hydrogen-bond donors (Lipinski definition) is 2. The first-order valence-electron chi connectivity index (χ1n) is 29.6. The molecule has 0 bridgehead atoms. The van der Waals surface area contributed by atoms with Crippen LogP contribution in [0.1, 0.15) is 265 Å². The van der Waals surface area contributed by atoms with Crippen molar-refractivity contribution in [2.75, 3.05) is 40.9 Å². The largest absolute Gasteiger partial charge is 0.472 e. The average molecular weight is 1020 g/mol. The zero-order valence-corrected chi connectivity index (χ0v) is 48.1. The highest BCUT2D eigenvalue weighted by Gasteiger charge is 2.30. The number of carbonyl (C=O) groups is 2. The predicted molar refractivity (Wildman–Crippen MR) is 305 cm³/mol. The number of phosphoric ester groups is 1. The second-order valence-electron chi connectivity index (χ2n) is 21.2. The molecule has 0 radical (unpaired) electrons. The van der Waals surface area contributed by atoms with Crippen LogP contribution in [0.2, 0.25) is 0 Å². The van der Waals surface area contributed by atoms with Gasteiger partial charge in [-0.3, -0.25) is 18.6 Å². The molecule has 0 heterocycles. The van der Waals surface area contributed by atoms with Crippen molar-refractivity contribution >= 4 is 19.7 Å². The van der Waals surface area contributed by atoms with E-state index in [0.29, 0.717) is 23.9 Å². The minimum atomic E-state index is -4.45. The van der Waals surface area contributed by atoms with E-state index in [9.17, 15) is 19.0 Å². The number of phosphoric acid groups is 1. The van der Waals surface area contributed by atoms with Crippen molar-refractivity contribution in [1.29, 1.82) is 0 Å². The summed E-state index contributed by atoms with van der Waals surface area (Å²) in [5.74, 6) is -0.536. The van der Waals surface area contributed by atoms with E-state index < -0.39 is 20.0 Å². The Morgan fingerprint density at radius 2 is 0.859 bits per heavy atom. The van der Waals surface area contributed by atoms with Gasteiger partial charge in [-0.05, 0) is 96.0 Å². The lowest BCUT2D eigenvalue weighted by Crippen LogP contribution is -2.47. The number of rotatable bonds is 53. The van der Waals surface area contributed by atoms with Crippen molar-refractivity contribution in [3.05, 3.63) is 60.8 Å². The molecule has 1 amide bonds. The van der Waals surface area contributed by atoms with Crippen LogP contribution in [0, 0.1) is 0 Å². The number of quaternary nitrogens is 1. The third kappa shape index (κ3) is 52.4. The summed E-state index contributed by atoms with van der Waals surface area (Å²) in [6, 6.07) is -0.861. The van der Waals surface area contributed by atoms with Gasteiger partial charge in [0.1, 0.15) is 19.3 Å². The molecule has 0 aliphatic rings. The summed E-state index contributed by atoms with van der Waals surface area (Å²) in [6.07, 6.45) is 63.5.